The van der Waals surface area contributed by atoms with E-state index in [1.54, 1.807) is 0 Å². The second kappa shape index (κ2) is 5.77. The smallest absolute Gasteiger partial charge is 0.349 e. The van der Waals surface area contributed by atoms with E-state index in [9.17, 15) is 4.79 Å². The van der Waals surface area contributed by atoms with Gasteiger partial charge in [0.25, 0.3) is 0 Å². The molecule has 1 fully saturated rings. The molecule has 2 heterocycles. The lowest BCUT2D eigenvalue weighted by Crippen LogP contribution is -2.38. The molecule has 2 rings (SSSR count). The van der Waals surface area contributed by atoms with Crippen LogP contribution < -0.4 is 0 Å². The molecule has 1 atom stereocenters. The number of aryl methyl sites for hydroxylation is 1. The number of thiazole rings is 1. The largest absolute Gasteiger partial charge is 0.465 e. The first-order valence-corrected chi connectivity index (χ1v) is 6.87. The van der Waals surface area contributed by atoms with E-state index in [0.29, 0.717) is 11.5 Å². The van der Waals surface area contributed by atoms with Gasteiger partial charge >= 0.3 is 5.97 Å². The monoisotopic (exact) mass is 270 g/mol. The van der Waals surface area contributed by atoms with Crippen LogP contribution >= 0.6 is 11.3 Å². The van der Waals surface area contributed by atoms with Gasteiger partial charge in [-0.3, -0.25) is 4.90 Å². The van der Waals surface area contributed by atoms with E-state index >= 15 is 0 Å². The van der Waals surface area contributed by atoms with Gasteiger partial charge in [-0.25, -0.2) is 9.78 Å². The maximum atomic E-state index is 11.5. The standard InChI is InChI=1S/C12H18N2O3S/c1-4-14-5-6-17-9(7-14)11-13-8(2)10(18-11)12(15)16-3/h9H,4-7H2,1-3H3. The van der Waals surface area contributed by atoms with E-state index in [2.05, 4.69) is 16.8 Å². The third-order valence-electron chi connectivity index (χ3n) is 3.06. The maximum Gasteiger partial charge on any atom is 0.349 e. The molecule has 1 aromatic rings. The number of carbonyl (C=O) groups is 1. The summed E-state index contributed by atoms with van der Waals surface area (Å²) in [5.74, 6) is -0.320. The highest BCUT2D eigenvalue weighted by Gasteiger charge is 2.26. The molecule has 18 heavy (non-hydrogen) atoms. The average molecular weight is 270 g/mol. The highest BCUT2D eigenvalue weighted by molar-refractivity contribution is 7.13. The summed E-state index contributed by atoms with van der Waals surface area (Å²) in [6.07, 6.45) is -0.0270. The van der Waals surface area contributed by atoms with Gasteiger partial charge in [0.05, 0.1) is 19.4 Å². The van der Waals surface area contributed by atoms with Crippen LogP contribution in [0.4, 0.5) is 0 Å². The highest BCUT2D eigenvalue weighted by atomic mass is 32.1. The van der Waals surface area contributed by atoms with Crippen LogP contribution in [0.5, 0.6) is 0 Å². The Kier molecular flexibility index (Phi) is 4.31. The maximum absolute atomic E-state index is 11.5. The van der Waals surface area contributed by atoms with E-state index in [4.69, 9.17) is 9.47 Å². The fraction of sp³-hybridized carbons (Fsp3) is 0.667. The van der Waals surface area contributed by atoms with E-state index in [1.165, 1.54) is 18.4 Å². The fourth-order valence-electron chi connectivity index (χ4n) is 1.98. The highest BCUT2D eigenvalue weighted by Crippen LogP contribution is 2.28. The lowest BCUT2D eigenvalue weighted by Gasteiger charge is -2.30. The fourth-order valence-corrected chi connectivity index (χ4v) is 3.00. The summed E-state index contributed by atoms with van der Waals surface area (Å²) >= 11 is 1.37. The first-order valence-electron chi connectivity index (χ1n) is 6.05. The van der Waals surface area contributed by atoms with Crippen molar-refractivity contribution in [2.45, 2.75) is 20.0 Å². The number of hydrogen-bond acceptors (Lipinski definition) is 6. The number of ether oxygens (including phenoxy) is 2. The zero-order chi connectivity index (χ0) is 13.1. The number of morpholine rings is 1. The van der Waals surface area contributed by atoms with Gasteiger partial charge in [0.15, 0.2) is 0 Å². The number of esters is 1. The van der Waals surface area contributed by atoms with Gasteiger partial charge in [-0.2, -0.15) is 0 Å². The van der Waals surface area contributed by atoms with Crippen LogP contribution in [-0.4, -0.2) is 49.2 Å². The SMILES string of the molecule is CCN1CCOC(c2nc(C)c(C(=O)OC)s2)C1. The van der Waals surface area contributed by atoms with Gasteiger partial charge in [-0.15, -0.1) is 11.3 Å². The Morgan fingerprint density at radius 1 is 1.67 bits per heavy atom. The quantitative estimate of drug-likeness (QED) is 0.781. The summed E-state index contributed by atoms with van der Waals surface area (Å²) in [6, 6.07) is 0. The van der Waals surface area contributed by atoms with Crippen molar-refractivity contribution < 1.29 is 14.3 Å². The number of nitrogens with zero attached hydrogens (tertiary/aromatic N) is 2. The molecule has 0 spiro atoms. The molecule has 1 aromatic heterocycles. The Morgan fingerprint density at radius 2 is 2.44 bits per heavy atom. The molecule has 6 heteroatoms. The molecule has 5 nitrogen and oxygen atoms in total. The predicted octanol–water partition coefficient (Wildman–Crippen LogP) is 1.63. The molecule has 0 N–H and O–H groups in total. The van der Waals surface area contributed by atoms with Crippen LogP contribution in [0, 0.1) is 6.92 Å². The summed E-state index contributed by atoms with van der Waals surface area (Å²) in [7, 11) is 1.39. The molecule has 0 amide bonds. The van der Waals surface area contributed by atoms with Crippen LogP contribution in [0.3, 0.4) is 0 Å². The number of aromatic nitrogens is 1. The Morgan fingerprint density at radius 3 is 3.11 bits per heavy atom. The molecule has 0 radical (unpaired) electrons. The summed E-state index contributed by atoms with van der Waals surface area (Å²) in [6.45, 7) is 7.48. The van der Waals surface area contributed by atoms with E-state index < -0.39 is 0 Å². The minimum absolute atomic E-state index is 0.0270. The van der Waals surface area contributed by atoms with E-state index in [0.717, 1.165) is 30.3 Å². The van der Waals surface area contributed by atoms with Crippen LogP contribution in [0.25, 0.3) is 0 Å². The van der Waals surface area contributed by atoms with E-state index in [1.807, 2.05) is 6.92 Å². The molecular weight excluding hydrogens is 252 g/mol. The normalized spacial score (nSPS) is 20.9. The van der Waals surface area contributed by atoms with Gasteiger partial charge in [0.1, 0.15) is 16.0 Å². The lowest BCUT2D eigenvalue weighted by atomic mass is 10.3. The molecule has 0 saturated carbocycles. The Bertz CT molecular complexity index is 433. The van der Waals surface area contributed by atoms with Gasteiger partial charge < -0.3 is 9.47 Å². The van der Waals surface area contributed by atoms with Crippen molar-refractivity contribution >= 4 is 17.3 Å². The van der Waals surface area contributed by atoms with Crippen molar-refractivity contribution in [2.75, 3.05) is 33.4 Å². The number of rotatable bonds is 3. The molecular formula is C12H18N2O3S. The predicted molar refractivity (Wildman–Crippen MR) is 69.0 cm³/mol. The molecule has 100 valence electrons. The Labute approximate surface area is 111 Å². The second-order valence-corrected chi connectivity index (χ2v) is 5.24. The van der Waals surface area contributed by atoms with E-state index in [-0.39, 0.29) is 12.1 Å². The molecule has 1 unspecified atom stereocenters. The van der Waals surface area contributed by atoms with Crippen molar-refractivity contribution in [3.63, 3.8) is 0 Å². The van der Waals surface area contributed by atoms with Gasteiger partial charge in [-0.1, -0.05) is 6.92 Å². The summed E-state index contributed by atoms with van der Waals surface area (Å²) in [4.78, 5) is 18.9. The average Bonchev–Trinajstić information content (AvgIpc) is 2.80. The lowest BCUT2D eigenvalue weighted by molar-refractivity contribution is -0.0282. The molecule has 0 aliphatic carbocycles. The van der Waals surface area contributed by atoms with Crippen LogP contribution in [-0.2, 0) is 9.47 Å². The Hall–Kier alpha value is -0.980. The molecule has 0 aromatic carbocycles. The summed E-state index contributed by atoms with van der Waals surface area (Å²) < 4.78 is 10.5. The zero-order valence-corrected chi connectivity index (χ0v) is 11.7. The number of methoxy groups -OCH3 is 1. The van der Waals surface area contributed by atoms with Crippen molar-refractivity contribution in [3.05, 3.63) is 15.6 Å². The van der Waals surface area contributed by atoms with Gasteiger partial charge in [0.2, 0.25) is 0 Å². The Balaban J connectivity index is 2.16. The van der Waals surface area contributed by atoms with Crippen LogP contribution in [0.2, 0.25) is 0 Å². The second-order valence-electron chi connectivity index (χ2n) is 4.21. The third-order valence-corrected chi connectivity index (χ3v) is 4.29. The van der Waals surface area contributed by atoms with Crippen molar-refractivity contribution in [3.8, 4) is 0 Å². The first-order chi connectivity index (χ1) is 8.65. The minimum atomic E-state index is -0.320. The molecule has 1 aliphatic rings. The van der Waals surface area contributed by atoms with Crippen LogP contribution in [0.1, 0.15) is 33.4 Å². The van der Waals surface area contributed by atoms with Crippen molar-refractivity contribution in [1.29, 1.82) is 0 Å². The summed E-state index contributed by atoms with van der Waals surface area (Å²) in [5.41, 5.74) is 0.721. The number of likely N-dealkylation sites (N-methyl/N-ethyl adjacent to an activating group) is 1. The number of hydrogen-bond donors (Lipinski definition) is 0. The first kappa shape index (κ1) is 13.5. The zero-order valence-electron chi connectivity index (χ0n) is 10.9. The van der Waals surface area contributed by atoms with Gasteiger partial charge in [0, 0.05) is 13.1 Å². The topological polar surface area (TPSA) is 51.7 Å². The van der Waals surface area contributed by atoms with Crippen molar-refractivity contribution in [1.82, 2.24) is 9.88 Å². The molecule has 0 bridgehead atoms. The van der Waals surface area contributed by atoms with Crippen molar-refractivity contribution in [2.24, 2.45) is 0 Å². The minimum Gasteiger partial charge on any atom is -0.465 e. The third kappa shape index (κ3) is 2.71. The number of carbonyl (C=O) groups excluding carboxylic acids is 1. The molecule has 1 aliphatic heterocycles. The van der Waals surface area contributed by atoms with Gasteiger partial charge in [-0.05, 0) is 13.5 Å². The molecule has 1 saturated heterocycles. The van der Waals surface area contributed by atoms with Crippen LogP contribution in [0.15, 0.2) is 0 Å². The summed E-state index contributed by atoms with van der Waals surface area (Å²) in [5, 5.41) is 0.867.